The zero-order chi connectivity index (χ0) is 11.0. The topological polar surface area (TPSA) is 91.2 Å². The Morgan fingerprint density at radius 2 is 2.27 bits per heavy atom. The number of nitrogens with zero attached hydrogens (tertiary/aromatic N) is 1. The molecule has 15 heavy (non-hydrogen) atoms. The third-order valence-corrected chi connectivity index (χ3v) is 3.03. The van der Waals surface area contributed by atoms with Gasteiger partial charge in [-0.1, -0.05) is 0 Å². The lowest BCUT2D eigenvalue weighted by Crippen LogP contribution is -2.09. The molecule has 0 bridgehead atoms. The number of primary amides is 1. The highest BCUT2D eigenvalue weighted by atomic mass is 32.1. The Morgan fingerprint density at radius 3 is 2.87 bits per heavy atom. The Kier molecular flexibility index (Phi) is 2.20. The van der Waals surface area contributed by atoms with Crippen molar-refractivity contribution in [3.63, 3.8) is 0 Å². The second-order valence-electron chi connectivity index (χ2n) is 2.91. The number of amides is 1. The third kappa shape index (κ3) is 1.48. The summed E-state index contributed by atoms with van der Waals surface area (Å²) in [6, 6.07) is 3.54. The molecule has 0 aliphatic heterocycles. The molecule has 1 amide bonds. The van der Waals surface area contributed by atoms with Crippen molar-refractivity contribution in [1.29, 1.82) is 0 Å². The molecule has 78 valence electrons. The molecule has 0 saturated carbocycles. The fourth-order valence-electron chi connectivity index (χ4n) is 1.28. The number of benzene rings is 1. The molecule has 0 atom stereocenters. The molecule has 1 aromatic heterocycles. The van der Waals surface area contributed by atoms with E-state index in [1.54, 1.807) is 12.1 Å². The number of methoxy groups -OCH3 is 1. The second kappa shape index (κ2) is 3.39. The van der Waals surface area contributed by atoms with Crippen LogP contribution in [0.2, 0.25) is 0 Å². The molecule has 0 saturated heterocycles. The van der Waals surface area contributed by atoms with E-state index >= 15 is 0 Å². The highest BCUT2D eigenvalue weighted by Crippen LogP contribution is 2.32. The lowest BCUT2D eigenvalue weighted by atomic mass is 10.2. The van der Waals surface area contributed by atoms with Crippen molar-refractivity contribution >= 4 is 33.1 Å². The molecule has 4 N–H and O–H groups in total. The van der Waals surface area contributed by atoms with E-state index in [0.717, 1.165) is 4.70 Å². The Morgan fingerprint density at radius 1 is 1.53 bits per heavy atom. The summed E-state index contributed by atoms with van der Waals surface area (Å²) in [6.07, 6.45) is 0. The molecule has 0 fully saturated rings. The van der Waals surface area contributed by atoms with Crippen LogP contribution in [0.3, 0.4) is 0 Å². The number of hydrogen-bond acceptors (Lipinski definition) is 5. The number of nitrogen functional groups attached to an aromatic ring is 1. The normalized spacial score (nSPS) is 10.5. The van der Waals surface area contributed by atoms with Gasteiger partial charge in [-0.25, -0.2) is 4.98 Å². The number of anilines is 1. The highest BCUT2D eigenvalue weighted by molar-refractivity contribution is 7.20. The number of rotatable bonds is 2. The van der Waals surface area contributed by atoms with Crippen molar-refractivity contribution in [2.45, 2.75) is 0 Å². The van der Waals surface area contributed by atoms with E-state index in [2.05, 4.69) is 4.98 Å². The molecule has 5 nitrogen and oxygen atoms in total. The first kappa shape index (κ1) is 9.72. The molecule has 1 aromatic carbocycles. The number of carbonyl (C=O) groups excluding carboxylic acids is 1. The fourth-order valence-corrected chi connectivity index (χ4v) is 2.11. The first-order valence-corrected chi connectivity index (χ1v) is 4.98. The molecule has 0 aliphatic carbocycles. The number of hydrogen-bond donors (Lipinski definition) is 2. The maximum Gasteiger partial charge on any atom is 0.277 e. The summed E-state index contributed by atoms with van der Waals surface area (Å²) >= 11 is 1.22. The Hall–Kier alpha value is -1.82. The van der Waals surface area contributed by atoms with Crippen molar-refractivity contribution in [2.24, 2.45) is 5.73 Å². The first-order valence-electron chi connectivity index (χ1n) is 4.16. The summed E-state index contributed by atoms with van der Waals surface area (Å²) in [7, 11) is 1.53. The van der Waals surface area contributed by atoms with Crippen molar-refractivity contribution in [1.82, 2.24) is 4.98 Å². The van der Waals surface area contributed by atoms with E-state index < -0.39 is 5.91 Å². The number of aromatic nitrogens is 1. The van der Waals surface area contributed by atoms with Gasteiger partial charge in [0.25, 0.3) is 5.91 Å². The van der Waals surface area contributed by atoms with E-state index in [4.69, 9.17) is 16.2 Å². The monoisotopic (exact) mass is 223 g/mol. The van der Waals surface area contributed by atoms with Gasteiger partial charge >= 0.3 is 0 Å². The van der Waals surface area contributed by atoms with Gasteiger partial charge in [0, 0.05) is 0 Å². The van der Waals surface area contributed by atoms with Crippen molar-refractivity contribution in [3.8, 4) is 5.75 Å². The smallest absolute Gasteiger partial charge is 0.277 e. The Labute approximate surface area is 89.7 Å². The van der Waals surface area contributed by atoms with Gasteiger partial charge in [0.05, 0.1) is 11.8 Å². The van der Waals surface area contributed by atoms with Crippen LogP contribution in [-0.4, -0.2) is 18.0 Å². The average Bonchev–Trinajstić information content (AvgIpc) is 2.63. The lowest BCUT2D eigenvalue weighted by Gasteiger charge is -2.02. The number of fused-ring (bicyclic) bond motifs is 1. The largest absolute Gasteiger partial charge is 0.495 e. The van der Waals surface area contributed by atoms with Crippen molar-refractivity contribution in [2.75, 3.05) is 12.8 Å². The number of nitrogens with two attached hydrogens (primary N) is 2. The molecule has 6 heteroatoms. The number of carbonyl (C=O) groups is 1. The summed E-state index contributed by atoms with van der Waals surface area (Å²) in [6.45, 7) is 0. The van der Waals surface area contributed by atoms with Crippen LogP contribution in [0.1, 0.15) is 9.80 Å². The molecule has 1 heterocycles. The molecule has 2 aromatic rings. The van der Waals surface area contributed by atoms with Crippen molar-refractivity contribution in [3.05, 3.63) is 17.1 Å². The second-order valence-corrected chi connectivity index (χ2v) is 3.94. The van der Waals surface area contributed by atoms with Crippen LogP contribution >= 0.6 is 11.3 Å². The summed E-state index contributed by atoms with van der Waals surface area (Å²) in [4.78, 5) is 15.0. The van der Waals surface area contributed by atoms with E-state index in [0.29, 0.717) is 17.0 Å². The van der Waals surface area contributed by atoms with E-state index in [9.17, 15) is 4.79 Å². The minimum absolute atomic E-state index is 0.255. The summed E-state index contributed by atoms with van der Waals surface area (Å²) in [5.41, 5.74) is 11.9. The van der Waals surface area contributed by atoms with Crippen LogP contribution in [0.15, 0.2) is 12.1 Å². The molecular formula is C9H9N3O2S. The third-order valence-electron chi connectivity index (χ3n) is 1.99. The molecule has 2 rings (SSSR count). The molecule has 0 aliphatic rings. The van der Waals surface area contributed by atoms with E-state index in [1.807, 2.05) is 0 Å². The quantitative estimate of drug-likeness (QED) is 0.742. The van der Waals surface area contributed by atoms with Gasteiger partial charge in [-0.15, -0.1) is 11.3 Å². The average molecular weight is 223 g/mol. The number of thiazole rings is 1. The van der Waals surface area contributed by atoms with Crippen LogP contribution in [-0.2, 0) is 0 Å². The Bertz CT molecular complexity index is 535. The SMILES string of the molecule is COc1ccc2sc(C(N)=O)nc2c1N. The minimum Gasteiger partial charge on any atom is -0.495 e. The number of ether oxygens (including phenoxy) is 1. The maximum atomic E-state index is 10.9. The zero-order valence-electron chi connectivity index (χ0n) is 7.98. The van der Waals surface area contributed by atoms with Gasteiger partial charge in [0.2, 0.25) is 0 Å². The van der Waals surface area contributed by atoms with Gasteiger partial charge in [-0.2, -0.15) is 0 Å². The minimum atomic E-state index is -0.547. The van der Waals surface area contributed by atoms with Crippen LogP contribution < -0.4 is 16.2 Å². The molecule has 0 unspecified atom stereocenters. The van der Waals surface area contributed by atoms with E-state index in [1.165, 1.54) is 18.4 Å². The van der Waals surface area contributed by atoms with Gasteiger partial charge in [-0.05, 0) is 12.1 Å². The van der Waals surface area contributed by atoms with Gasteiger partial charge in [0.15, 0.2) is 5.01 Å². The molecular weight excluding hydrogens is 214 g/mol. The van der Waals surface area contributed by atoms with Gasteiger partial charge in [0.1, 0.15) is 17.0 Å². The lowest BCUT2D eigenvalue weighted by molar-refractivity contribution is 0.1000. The van der Waals surface area contributed by atoms with Crippen molar-refractivity contribution < 1.29 is 9.53 Å². The van der Waals surface area contributed by atoms with Crippen LogP contribution in [0.4, 0.5) is 5.69 Å². The summed E-state index contributed by atoms with van der Waals surface area (Å²) in [5, 5.41) is 0.255. The molecule has 0 radical (unpaired) electrons. The summed E-state index contributed by atoms with van der Waals surface area (Å²) in [5.74, 6) is -0.00149. The maximum absolute atomic E-state index is 10.9. The van der Waals surface area contributed by atoms with Gasteiger partial charge in [-0.3, -0.25) is 4.79 Å². The van der Waals surface area contributed by atoms with Crippen LogP contribution in [0.25, 0.3) is 10.2 Å². The first-order chi connectivity index (χ1) is 7.13. The fraction of sp³-hybridized carbons (Fsp3) is 0.111. The van der Waals surface area contributed by atoms with Gasteiger partial charge < -0.3 is 16.2 Å². The molecule has 0 spiro atoms. The summed E-state index contributed by atoms with van der Waals surface area (Å²) < 4.78 is 5.87. The standard InChI is InChI=1S/C9H9N3O2S/c1-14-4-2-3-5-7(6(4)10)12-9(15-5)8(11)13/h2-3H,10H2,1H3,(H2,11,13). The predicted molar refractivity (Wildman–Crippen MR) is 59.1 cm³/mol. The van der Waals surface area contributed by atoms with Crippen LogP contribution in [0, 0.1) is 0 Å². The Balaban J connectivity index is 2.71. The highest BCUT2D eigenvalue weighted by Gasteiger charge is 2.13. The predicted octanol–water partition coefficient (Wildman–Crippen LogP) is 0.986. The van der Waals surface area contributed by atoms with E-state index in [-0.39, 0.29) is 5.01 Å². The van der Waals surface area contributed by atoms with Crippen LogP contribution in [0.5, 0.6) is 5.75 Å². The zero-order valence-corrected chi connectivity index (χ0v) is 8.80.